The number of aliphatic hydroxyl groups is 1. The number of rotatable bonds is 5. The molecule has 1 saturated carbocycles. The molecule has 1 unspecified atom stereocenters. The van der Waals surface area contributed by atoms with Gasteiger partial charge in [0.15, 0.2) is 0 Å². The van der Waals surface area contributed by atoms with Crippen LogP contribution in [0, 0.1) is 11.3 Å². The predicted octanol–water partition coefficient (Wildman–Crippen LogP) is 3.38. The molecule has 0 saturated heterocycles. The second-order valence-corrected chi connectivity index (χ2v) is 5.63. The summed E-state index contributed by atoms with van der Waals surface area (Å²) in [4.78, 5) is 2.26. The molecular formula is C14H17BrN2O. The summed E-state index contributed by atoms with van der Waals surface area (Å²) in [6.07, 6.45) is 2.38. The molecule has 0 heterocycles. The smallest absolute Gasteiger partial charge is 0.0782 e. The minimum atomic E-state index is -0.499. The fraction of sp³-hybridized carbons (Fsp3) is 0.500. The lowest BCUT2D eigenvalue weighted by Crippen LogP contribution is -2.28. The molecule has 0 radical (unpaired) electrons. The van der Waals surface area contributed by atoms with Gasteiger partial charge in [0.05, 0.1) is 18.6 Å². The Bertz CT molecular complexity index is 463. The van der Waals surface area contributed by atoms with Gasteiger partial charge in [0.2, 0.25) is 0 Å². The van der Waals surface area contributed by atoms with E-state index in [4.69, 9.17) is 5.26 Å². The molecule has 1 aliphatic rings. The van der Waals surface area contributed by atoms with E-state index in [9.17, 15) is 5.11 Å². The van der Waals surface area contributed by atoms with Gasteiger partial charge in [-0.15, -0.1) is 0 Å². The van der Waals surface area contributed by atoms with Crippen molar-refractivity contribution in [1.29, 1.82) is 5.26 Å². The van der Waals surface area contributed by atoms with Crippen molar-refractivity contribution in [2.45, 2.75) is 38.3 Å². The molecule has 3 nitrogen and oxygen atoms in total. The monoisotopic (exact) mass is 308 g/mol. The minimum Gasteiger partial charge on any atom is -0.389 e. The Labute approximate surface area is 116 Å². The van der Waals surface area contributed by atoms with Crippen molar-refractivity contribution in [1.82, 2.24) is 0 Å². The van der Waals surface area contributed by atoms with Crippen molar-refractivity contribution >= 4 is 21.6 Å². The van der Waals surface area contributed by atoms with Gasteiger partial charge >= 0.3 is 0 Å². The first-order valence-corrected chi connectivity index (χ1v) is 7.04. The molecule has 2 rings (SSSR count). The van der Waals surface area contributed by atoms with Crippen molar-refractivity contribution in [2.24, 2.45) is 0 Å². The normalized spacial score (nSPS) is 16.1. The van der Waals surface area contributed by atoms with E-state index in [-0.39, 0.29) is 0 Å². The molecule has 1 N–H and O–H groups in total. The standard InChI is InChI=1S/C14H17BrN2O/c1-10(18)13-9-11(15)3-6-14(13)17(8-2-7-16)12-4-5-12/h3,6,9-10,12,18H,2,4-5,8H2,1H3. The van der Waals surface area contributed by atoms with E-state index in [1.807, 2.05) is 18.2 Å². The number of aliphatic hydroxyl groups excluding tert-OH is 1. The van der Waals surface area contributed by atoms with Crippen LogP contribution in [0.15, 0.2) is 22.7 Å². The first-order valence-electron chi connectivity index (χ1n) is 6.24. The van der Waals surface area contributed by atoms with Crippen molar-refractivity contribution in [2.75, 3.05) is 11.4 Å². The molecule has 1 atom stereocenters. The highest BCUT2D eigenvalue weighted by atomic mass is 79.9. The van der Waals surface area contributed by atoms with Crippen LogP contribution in [0.5, 0.6) is 0 Å². The Morgan fingerprint density at radius 3 is 2.83 bits per heavy atom. The lowest BCUT2D eigenvalue weighted by molar-refractivity contribution is 0.199. The number of halogens is 1. The van der Waals surface area contributed by atoms with E-state index in [0.29, 0.717) is 12.5 Å². The van der Waals surface area contributed by atoms with Crippen LogP contribution >= 0.6 is 15.9 Å². The molecule has 1 aromatic rings. The average Bonchev–Trinajstić information content (AvgIpc) is 3.15. The summed E-state index contributed by atoms with van der Waals surface area (Å²) in [5.41, 5.74) is 1.99. The maximum Gasteiger partial charge on any atom is 0.0782 e. The summed E-state index contributed by atoms with van der Waals surface area (Å²) in [7, 11) is 0. The van der Waals surface area contributed by atoms with Crippen LogP contribution in [0.4, 0.5) is 5.69 Å². The zero-order chi connectivity index (χ0) is 13.1. The zero-order valence-corrected chi connectivity index (χ0v) is 12.0. The van der Waals surface area contributed by atoms with Crippen molar-refractivity contribution in [3.8, 4) is 6.07 Å². The van der Waals surface area contributed by atoms with Gasteiger partial charge in [0.1, 0.15) is 0 Å². The second kappa shape index (κ2) is 5.73. The summed E-state index contributed by atoms with van der Waals surface area (Å²) in [5, 5.41) is 18.6. The van der Waals surface area contributed by atoms with Crippen molar-refractivity contribution in [3.63, 3.8) is 0 Å². The van der Waals surface area contributed by atoms with Gasteiger partial charge in [0.25, 0.3) is 0 Å². The predicted molar refractivity (Wildman–Crippen MR) is 75.4 cm³/mol. The molecule has 0 spiro atoms. The number of anilines is 1. The molecule has 0 aromatic heterocycles. The fourth-order valence-corrected chi connectivity index (χ4v) is 2.56. The Hall–Kier alpha value is -1.05. The third kappa shape index (κ3) is 3.04. The maximum absolute atomic E-state index is 9.89. The van der Waals surface area contributed by atoms with Gasteiger partial charge in [-0.1, -0.05) is 15.9 Å². The first kappa shape index (κ1) is 13.4. The van der Waals surface area contributed by atoms with Gasteiger partial charge in [-0.05, 0) is 38.0 Å². The third-order valence-corrected chi connectivity index (χ3v) is 3.69. The van der Waals surface area contributed by atoms with E-state index < -0.39 is 6.10 Å². The van der Waals surface area contributed by atoms with Crippen molar-refractivity contribution in [3.05, 3.63) is 28.2 Å². The van der Waals surface area contributed by atoms with Gasteiger partial charge < -0.3 is 10.0 Å². The van der Waals surface area contributed by atoms with Gasteiger partial charge in [-0.3, -0.25) is 0 Å². The van der Waals surface area contributed by atoms with E-state index in [1.54, 1.807) is 6.92 Å². The fourth-order valence-electron chi connectivity index (χ4n) is 2.18. The Morgan fingerprint density at radius 2 is 2.28 bits per heavy atom. The quantitative estimate of drug-likeness (QED) is 0.907. The topological polar surface area (TPSA) is 47.3 Å². The lowest BCUT2D eigenvalue weighted by atomic mass is 10.1. The van der Waals surface area contributed by atoms with Crippen LogP contribution in [0.1, 0.15) is 37.9 Å². The van der Waals surface area contributed by atoms with E-state index in [1.165, 1.54) is 12.8 Å². The summed E-state index contributed by atoms with van der Waals surface area (Å²) >= 11 is 3.44. The van der Waals surface area contributed by atoms with Crippen LogP contribution in [0.25, 0.3) is 0 Å². The highest BCUT2D eigenvalue weighted by Gasteiger charge is 2.30. The summed E-state index contributed by atoms with van der Waals surface area (Å²) in [5.74, 6) is 0. The number of nitrogens with zero attached hydrogens (tertiary/aromatic N) is 2. The molecule has 1 fully saturated rings. The third-order valence-electron chi connectivity index (χ3n) is 3.20. The van der Waals surface area contributed by atoms with Gasteiger partial charge in [0, 0.05) is 28.3 Å². The molecule has 1 aliphatic carbocycles. The maximum atomic E-state index is 9.89. The van der Waals surface area contributed by atoms with Gasteiger partial charge in [-0.25, -0.2) is 0 Å². The summed E-state index contributed by atoms with van der Waals surface area (Å²) in [6, 6.07) is 8.71. The molecule has 96 valence electrons. The highest BCUT2D eigenvalue weighted by molar-refractivity contribution is 9.10. The Kier molecular flexibility index (Phi) is 4.26. The lowest BCUT2D eigenvalue weighted by Gasteiger charge is -2.27. The molecule has 0 bridgehead atoms. The molecule has 1 aromatic carbocycles. The molecular weight excluding hydrogens is 292 g/mol. The first-order chi connectivity index (χ1) is 8.63. The molecule has 18 heavy (non-hydrogen) atoms. The Balaban J connectivity index is 2.31. The summed E-state index contributed by atoms with van der Waals surface area (Å²) < 4.78 is 0.971. The van der Waals surface area contributed by atoms with Crippen LogP contribution in [-0.4, -0.2) is 17.7 Å². The van der Waals surface area contributed by atoms with Crippen LogP contribution < -0.4 is 4.90 Å². The van der Waals surface area contributed by atoms with Crippen molar-refractivity contribution < 1.29 is 5.11 Å². The van der Waals surface area contributed by atoms with Crippen LogP contribution in [0.2, 0.25) is 0 Å². The molecule has 0 aliphatic heterocycles. The van der Waals surface area contributed by atoms with E-state index in [2.05, 4.69) is 26.9 Å². The van der Waals surface area contributed by atoms with E-state index in [0.717, 1.165) is 22.3 Å². The zero-order valence-electron chi connectivity index (χ0n) is 10.4. The van der Waals surface area contributed by atoms with Crippen LogP contribution in [-0.2, 0) is 0 Å². The number of nitriles is 1. The largest absolute Gasteiger partial charge is 0.389 e. The average molecular weight is 309 g/mol. The van der Waals surface area contributed by atoms with E-state index >= 15 is 0 Å². The summed E-state index contributed by atoms with van der Waals surface area (Å²) in [6.45, 7) is 2.52. The van der Waals surface area contributed by atoms with Crippen LogP contribution in [0.3, 0.4) is 0 Å². The SMILES string of the molecule is CC(O)c1cc(Br)ccc1N(CCC#N)C1CC1. The Morgan fingerprint density at radius 1 is 1.56 bits per heavy atom. The molecule has 4 heteroatoms. The number of hydrogen-bond acceptors (Lipinski definition) is 3. The number of hydrogen-bond donors (Lipinski definition) is 1. The molecule has 0 amide bonds. The van der Waals surface area contributed by atoms with Gasteiger partial charge in [-0.2, -0.15) is 5.26 Å². The minimum absolute atomic E-state index is 0.499. The highest BCUT2D eigenvalue weighted by Crippen LogP contribution is 2.36. The second-order valence-electron chi connectivity index (χ2n) is 4.71. The number of benzene rings is 1.